The Balaban J connectivity index is 1.40. The summed E-state index contributed by atoms with van der Waals surface area (Å²) in [5.41, 5.74) is 1.93. The van der Waals surface area contributed by atoms with Gasteiger partial charge in [-0.3, -0.25) is 19.3 Å². The fourth-order valence-electron chi connectivity index (χ4n) is 3.22. The number of hydrogen-bond donors (Lipinski definition) is 1. The summed E-state index contributed by atoms with van der Waals surface area (Å²) in [6.07, 6.45) is 1.59. The maximum Gasteiger partial charge on any atom is 0.294 e. The number of hydrogen-bond acceptors (Lipinski definition) is 5. The SMILES string of the molecule is O=C(CN1C(=O)S/C(=C/c2ccc(OCc3ccc(Cl)cc3Cl)c(Br)c2)C1=O)Nc1cccc(Cl)c1. The van der Waals surface area contributed by atoms with E-state index in [2.05, 4.69) is 21.2 Å². The number of ether oxygens (including phenoxy) is 1. The number of nitrogens with zero attached hydrogens (tertiary/aromatic N) is 1. The molecule has 0 aromatic heterocycles. The van der Waals surface area contributed by atoms with E-state index in [1.807, 2.05) is 0 Å². The average Bonchev–Trinajstić information content (AvgIpc) is 3.07. The van der Waals surface area contributed by atoms with Crippen molar-refractivity contribution < 1.29 is 19.1 Å². The minimum absolute atomic E-state index is 0.212. The topological polar surface area (TPSA) is 75.7 Å². The van der Waals surface area contributed by atoms with E-state index >= 15 is 0 Å². The average molecular weight is 627 g/mol. The molecule has 3 aromatic carbocycles. The summed E-state index contributed by atoms with van der Waals surface area (Å²) < 4.78 is 6.50. The number of amides is 3. The van der Waals surface area contributed by atoms with Crippen LogP contribution in [0.5, 0.6) is 5.75 Å². The molecule has 3 amide bonds. The number of rotatable bonds is 7. The molecule has 184 valence electrons. The molecule has 0 radical (unpaired) electrons. The molecule has 1 saturated heterocycles. The predicted octanol–water partition coefficient (Wildman–Crippen LogP) is 7.66. The molecule has 4 rings (SSSR count). The van der Waals surface area contributed by atoms with E-state index in [-0.39, 0.29) is 11.5 Å². The summed E-state index contributed by atoms with van der Waals surface area (Å²) in [4.78, 5) is 38.6. The van der Waals surface area contributed by atoms with Gasteiger partial charge in [0.05, 0.1) is 9.38 Å². The summed E-state index contributed by atoms with van der Waals surface area (Å²) in [7, 11) is 0. The van der Waals surface area contributed by atoms with Gasteiger partial charge >= 0.3 is 0 Å². The molecule has 6 nitrogen and oxygen atoms in total. The molecular formula is C25H16BrCl3N2O4S. The zero-order valence-corrected chi connectivity index (χ0v) is 22.9. The normalized spacial score (nSPS) is 14.4. The lowest BCUT2D eigenvalue weighted by molar-refractivity contribution is -0.127. The third-order valence-corrected chi connectivity index (χ3v) is 7.28. The molecule has 1 N–H and O–H groups in total. The quantitative estimate of drug-likeness (QED) is 0.273. The predicted molar refractivity (Wildman–Crippen MR) is 148 cm³/mol. The van der Waals surface area contributed by atoms with Crippen LogP contribution in [0.3, 0.4) is 0 Å². The fourth-order valence-corrected chi connectivity index (χ4v) is 5.22. The van der Waals surface area contributed by atoms with Gasteiger partial charge in [0.1, 0.15) is 18.9 Å². The van der Waals surface area contributed by atoms with Gasteiger partial charge in [-0.1, -0.05) is 53.0 Å². The first-order chi connectivity index (χ1) is 17.2. The molecule has 1 heterocycles. The van der Waals surface area contributed by atoms with Gasteiger partial charge in [0.25, 0.3) is 11.1 Å². The minimum Gasteiger partial charge on any atom is -0.488 e. The largest absolute Gasteiger partial charge is 0.488 e. The summed E-state index contributed by atoms with van der Waals surface area (Å²) >= 11 is 22.3. The van der Waals surface area contributed by atoms with E-state index in [1.165, 1.54) is 0 Å². The highest BCUT2D eigenvalue weighted by Gasteiger charge is 2.36. The van der Waals surface area contributed by atoms with Crippen LogP contribution in [0.25, 0.3) is 6.08 Å². The van der Waals surface area contributed by atoms with Gasteiger partial charge < -0.3 is 10.1 Å². The lowest BCUT2D eigenvalue weighted by Crippen LogP contribution is -2.36. The van der Waals surface area contributed by atoms with Crippen molar-refractivity contribution in [2.45, 2.75) is 6.61 Å². The Morgan fingerprint density at radius 2 is 1.81 bits per heavy atom. The summed E-state index contributed by atoms with van der Waals surface area (Å²) in [6, 6.07) is 17.0. The van der Waals surface area contributed by atoms with Gasteiger partial charge in [-0.05, 0) is 81.8 Å². The highest BCUT2D eigenvalue weighted by molar-refractivity contribution is 9.10. The van der Waals surface area contributed by atoms with Crippen molar-refractivity contribution in [3.63, 3.8) is 0 Å². The molecule has 1 fully saturated rings. The number of anilines is 1. The zero-order valence-electron chi connectivity index (χ0n) is 18.3. The Hall–Kier alpha value is -2.49. The Morgan fingerprint density at radius 3 is 2.53 bits per heavy atom. The van der Waals surface area contributed by atoms with Crippen molar-refractivity contribution in [2.75, 3.05) is 11.9 Å². The molecule has 1 aliphatic rings. The zero-order chi connectivity index (χ0) is 25.8. The molecule has 0 atom stereocenters. The summed E-state index contributed by atoms with van der Waals surface area (Å²) in [5, 5.41) is 3.61. The molecule has 0 bridgehead atoms. The van der Waals surface area contributed by atoms with Crippen molar-refractivity contribution in [3.8, 4) is 5.75 Å². The van der Waals surface area contributed by atoms with Gasteiger partial charge in [0.2, 0.25) is 5.91 Å². The number of imide groups is 1. The van der Waals surface area contributed by atoms with Crippen molar-refractivity contribution >= 4 is 91.3 Å². The van der Waals surface area contributed by atoms with E-state index in [1.54, 1.807) is 66.7 Å². The van der Waals surface area contributed by atoms with Crippen molar-refractivity contribution in [2.24, 2.45) is 0 Å². The number of benzene rings is 3. The van der Waals surface area contributed by atoms with Crippen LogP contribution in [0, 0.1) is 0 Å². The fraction of sp³-hybridized carbons (Fsp3) is 0.0800. The van der Waals surface area contributed by atoms with Crippen LogP contribution in [0.4, 0.5) is 10.5 Å². The Bertz CT molecular complexity index is 1400. The van der Waals surface area contributed by atoms with E-state index < -0.39 is 23.6 Å². The molecular weight excluding hydrogens is 611 g/mol. The third-order valence-electron chi connectivity index (χ3n) is 4.94. The van der Waals surface area contributed by atoms with Crippen LogP contribution >= 0.6 is 62.5 Å². The van der Waals surface area contributed by atoms with E-state index in [9.17, 15) is 14.4 Å². The molecule has 0 aliphatic carbocycles. The molecule has 1 aliphatic heterocycles. The second-order valence-electron chi connectivity index (χ2n) is 7.54. The highest BCUT2D eigenvalue weighted by atomic mass is 79.9. The van der Waals surface area contributed by atoms with Crippen LogP contribution in [0.2, 0.25) is 15.1 Å². The van der Waals surface area contributed by atoms with Crippen molar-refractivity contribution in [1.29, 1.82) is 0 Å². The van der Waals surface area contributed by atoms with Crippen LogP contribution in [0.1, 0.15) is 11.1 Å². The number of carbonyl (C=O) groups is 3. The Labute approximate surface area is 234 Å². The summed E-state index contributed by atoms with van der Waals surface area (Å²) in [6.45, 7) is -0.164. The number of thioether (sulfide) groups is 1. The lowest BCUT2D eigenvalue weighted by Gasteiger charge is -2.12. The first-order valence-electron chi connectivity index (χ1n) is 10.4. The van der Waals surface area contributed by atoms with Crippen LogP contribution in [0.15, 0.2) is 70.0 Å². The van der Waals surface area contributed by atoms with Gasteiger partial charge in [-0.2, -0.15) is 0 Å². The van der Waals surface area contributed by atoms with E-state index in [4.69, 9.17) is 39.5 Å². The first kappa shape index (κ1) is 26.6. The van der Waals surface area contributed by atoms with Gasteiger partial charge in [-0.25, -0.2) is 0 Å². The Kier molecular flexibility index (Phi) is 8.64. The van der Waals surface area contributed by atoms with E-state index in [0.29, 0.717) is 36.5 Å². The van der Waals surface area contributed by atoms with E-state index in [0.717, 1.165) is 22.2 Å². The Morgan fingerprint density at radius 1 is 1.03 bits per heavy atom. The van der Waals surface area contributed by atoms with Crippen LogP contribution < -0.4 is 10.1 Å². The van der Waals surface area contributed by atoms with Crippen molar-refractivity contribution in [1.82, 2.24) is 4.90 Å². The first-order valence-corrected chi connectivity index (χ1v) is 13.1. The lowest BCUT2D eigenvalue weighted by atomic mass is 10.2. The smallest absolute Gasteiger partial charge is 0.294 e. The summed E-state index contributed by atoms with van der Waals surface area (Å²) in [5.74, 6) is -0.477. The number of nitrogens with one attached hydrogen (secondary N) is 1. The maximum absolute atomic E-state index is 12.8. The minimum atomic E-state index is -0.542. The van der Waals surface area contributed by atoms with Crippen LogP contribution in [-0.4, -0.2) is 28.5 Å². The molecule has 0 saturated carbocycles. The number of halogens is 4. The van der Waals surface area contributed by atoms with Crippen LogP contribution in [-0.2, 0) is 16.2 Å². The maximum atomic E-state index is 12.8. The molecule has 0 unspecified atom stereocenters. The van der Waals surface area contributed by atoms with Crippen molar-refractivity contribution in [3.05, 3.63) is 96.2 Å². The third kappa shape index (κ3) is 6.63. The molecule has 36 heavy (non-hydrogen) atoms. The molecule has 3 aromatic rings. The van der Waals surface area contributed by atoms with Gasteiger partial charge in [0.15, 0.2) is 0 Å². The van der Waals surface area contributed by atoms with Gasteiger partial charge in [-0.15, -0.1) is 0 Å². The standard InChI is InChI=1S/C25H16BrCl3N2O4S/c26-19-8-14(4-7-21(19)35-13-15-5-6-17(28)11-20(15)29)9-22-24(33)31(25(34)36-22)12-23(32)30-18-3-1-2-16(27)10-18/h1-11H,12-13H2,(H,30,32)/b22-9+. The molecule has 11 heteroatoms. The molecule has 0 spiro atoms. The number of carbonyl (C=O) groups excluding carboxylic acids is 3. The monoisotopic (exact) mass is 624 g/mol. The van der Waals surface area contributed by atoms with Gasteiger partial charge in [0, 0.05) is 26.3 Å². The second kappa shape index (κ2) is 11.7. The highest BCUT2D eigenvalue weighted by Crippen LogP contribution is 2.34. The second-order valence-corrected chi connectivity index (χ2v) is 10.7.